The minimum absolute atomic E-state index is 0.0634. The Morgan fingerprint density at radius 1 is 0.926 bits per heavy atom. The summed E-state index contributed by atoms with van der Waals surface area (Å²) in [5.74, 6) is -0.0634. The first kappa shape index (κ1) is 18.5. The number of amides is 1. The third kappa shape index (κ3) is 3.88. The van der Waals surface area contributed by atoms with Crippen LogP contribution in [0.5, 0.6) is 0 Å². The van der Waals surface area contributed by atoms with Crippen molar-refractivity contribution in [3.05, 3.63) is 58.1 Å². The van der Waals surface area contributed by atoms with Crippen LogP contribution in [0, 0.1) is 0 Å². The van der Waals surface area contributed by atoms with Crippen molar-refractivity contribution in [1.82, 2.24) is 4.90 Å². The average Bonchev–Trinajstić information content (AvgIpc) is 2.84. The van der Waals surface area contributed by atoms with Crippen molar-refractivity contribution in [2.24, 2.45) is 4.99 Å². The SMILES string of the molecule is O=C1C(=Nc2ccc(Cl)c(Cl)c2)c2ccccc2N1CN1CCCCCC1. The highest BCUT2D eigenvalue weighted by Crippen LogP contribution is 2.33. The van der Waals surface area contributed by atoms with Gasteiger partial charge >= 0.3 is 0 Å². The zero-order valence-corrected chi connectivity index (χ0v) is 16.5. The van der Waals surface area contributed by atoms with E-state index in [9.17, 15) is 4.79 Å². The molecule has 0 spiro atoms. The van der Waals surface area contributed by atoms with Crippen molar-refractivity contribution in [1.29, 1.82) is 0 Å². The topological polar surface area (TPSA) is 35.9 Å². The van der Waals surface area contributed by atoms with Crippen molar-refractivity contribution in [3.8, 4) is 0 Å². The van der Waals surface area contributed by atoms with Gasteiger partial charge in [-0.3, -0.25) is 14.6 Å². The molecule has 27 heavy (non-hydrogen) atoms. The maximum Gasteiger partial charge on any atom is 0.278 e. The van der Waals surface area contributed by atoms with E-state index >= 15 is 0 Å². The molecule has 2 aliphatic heterocycles. The summed E-state index contributed by atoms with van der Waals surface area (Å²) in [5, 5.41) is 0.903. The van der Waals surface area contributed by atoms with Gasteiger partial charge in [0.1, 0.15) is 5.71 Å². The van der Waals surface area contributed by atoms with E-state index in [1.54, 1.807) is 18.2 Å². The highest BCUT2D eigenvalue weighted by Gasteiger charge is 2.34. The van der Waals surface area contributed by atoms with Gasteiger partial charge in [0.2, 0.25) is 0 Å². The summed E-state index contributed by atoms with van der Waals surface area (Å²) >= 11 is 12.1. The van der Waals surface area contributed by atoms with Crippen LogP contribution >= 0.6 is 23.2 Å². The molecule has 2 heterocycles. The fourth-order valence-corrected chi connectivity index (χ4v) is 3.96. The van der Waals surface area contributed by atoms with Crippen LogP contribution < -0.4 is 4.90 Å². The number of benzene rings is 2. The fraction of sp³-hybridized carbons (Fsp3) is 0.333. The Kier molecular flexibility index (Phi) is 5.48. The number of aliphatic imine (C=N–C) groups is 1. The molecule has 1 amide bonds. The van der Waals surface area contributed by atoms with Gasteiger partial charge in [-0.25, -0.2) is 4.99 Å². The second-order valence-electron chi connectivity index (χ2n) is 6.98. The number of carbonyl (C=O) groups excluding carboxylic acids is 1. The normalized spacial score (nSPS) is 19.4. The average molecular weight is 402 g/mol. The second-order valence-corrected chi connectivity index (χ2v) is 7.80. The molecule has 0 aromatic heterocycles. The zero-order valence-electron chi connectivity index (χ0n) is 15.0. The van der Waals surface area contributed by atoms with Gasteiger partial charge in [0.15, 0.2) is 0 Å². The number of hydrogen-bond acceptors (Lipinski definition) is 3. The predicted molar refractivity (Wildman–Crippen MR) is 111 cm³/mol. The molecule has 2 aliphatic rings. The van der Waals surface area contributed by atoms with E-state index < -0.39 is 0 Å². The summed E-state index contributed by atoms with van der Waals surface area (Å²) in [4.78, 5) is 22.0. The monoisotopic (exact) mass is 401 g/mol. The molecule has 140 valence electrons. The summed E-state index contributed by atoms with van der Waals surface area (Å²) in [6.07, 6.45) is 4.91. The van der Waals surface area contributed by atoms with Crippen molar-refractivity contribution < 1.29 is 4.79 Å². The summed E-state index contributed by atoms with van der Waals surface area (Å²) < 4.78 is 0. The van der Waals surface area contributed by atoms with Gasteiger partial charge < -0.3 is 0 Å². The first-order valence-electron chi connectivity index (χ1n) is 9.31. The molecular formula is C21H21Cl2N3O. The van der Waals surface area contributed by atoms with E-state index in [1.165, 1.54) is 25.7 Å². The highest BCUT2D eigenvalue weighted by molar-refractivity contribution is 6.54. The molecule has 2 aromatic rings. The maximum atomic E-state index is 13.2. The van der Waals surface area contributed by atoms with Gasteiger partial charge in [-0.15, -0.1) is 0 Å². The van der Waals surface area contributed by atoms with Crippen LogP contribution in [0.25, 0.3) is 0 Å². The van der Waals surface area contributed by atoms with Gasteiger partial charge in [0, 0.05) is 5.56 Å². The first-order chi connectivity index (χ1) is 13.1. The molecule has 0 saturated carbocycles. The van der Waals surface area contributed by atoms with Gasteiger partial charge in [0.05, 0.1) is 28.1 Å². The van der Waals surface area contributed by atoms with Crippen LogP contribution in [-0.4, -0.2) is 36.3 Å². The van der Waals surface area contributed by atoms with Gasteiger partial charge in [-0.1, -0.05) is 54.2 Å². The summed E-state index contributed by atoms with van der Waals surface area (Å²) in [7, 11) is 0. The molecule has 1 fully saturated rings. The minimum Gasteiger partial charge on any atom is -0.293 e. The third-order valence-electron chi connectivity index (χ3n) is 5.08. The predicted octanol–water partition coefficient (Wildman–Crippen LogP) is 5.29. The molecule has 0 bridgehead atoms. The van der Waals surface area contributed by atoms with E-state index in [0.29, 0.717) is 28.1 Å². The fourth-order valence-electron chi connectivity index (χ4n) is 3.67. The molecule has 0 aliphatic carbocycles. The van der Waals surface area contributed by atoms with Gasteiger partial charge in [-0.2, -0.15) is 0 Å². The number of rotatable bonds is 3. The van der Waals surface area contributed by atoms with E-state index in [-0.39, 0.29) is 5.91 Å². The van der Waals surface area contributed by atoms with Crippen LogP contribution in [0.4, 0.5) is 11.4 Å². The lowest BCUT2D eigenvalue weighted by Crippen LogP contribution is -2.41. The quantitative estimate of drug-likeness (QED) is 0.699. The summed E-state index contributed by atoms with van der Waals surface area (Å²) in [5.41, 5.74) is 2.87. The molecule has 0 atom stereocenters. The minimum atomic E-state index is -0.0634. The van der Waals surface area contributed by atoms with Crippen molar-refractivity contribution in [2.75, 3.05) is 24.7 Å². The van der Waals surface area contributed by atoms with E-state index in [0.717, 1.165) is 24.3 Å². The second kappa shape index (κ2) is 8.01. The van der Waals surface area contributed by atoms with E-state index in [4.69, 9.17) is 23.2 Å². The number of nitrogens with zero attached hydrogens (tertiary/aromatic N) is 3. The van der Waals surface area contributed by atoms with Crippen LogP contribution in [-0.2, 0) is 4.79 Å². The third-order valence-corrected chi connectivity index (χ3v) is 5.82. The van der Waals surface area contributed by atoms with Crippen LogP contribution in [0.3, 0.4) is 0 Å². The largest absolute Gasteiger partial charge is 0.293 e. The lowest BCUT2D eigenvalue weighted by atomic mass is 10.1. The zero-order chi connectivity index (χ0) is 18.8. The highest BCUT2D eigenvalue weighted by atomic mass is 35.5. The Morgan fingerprint density at radius 2 is 1.67 bits per heavy atom. The van der Waals surface area contributed by atoms with Crippen LogP contribution in [0.15, 0.2) is 47.5 Å². The van der Waals surface area contributed by atoms with Crippen LogP contribution in [0.2, 0.25) is 10.0 Å². The van der Waals surface area contributed by atoms with Crippen molar-refractivity contribution in [2.45, 2.75) is 25.7 Å². The summed E-state index contributed by atoms with van der Waals surface area (Å²) in [6.45, 7) is 2.67. The molecule has 1 saturated heterocycles. The molecule has 2 aromatic carbocycles. The lowest BCUT2D eigenvalue weighted by Gasteiger charge is -2.26. The van der Waals surface area contributed by atoms with Gasteiger partial charge in [0.25, 0.3) is 5.91 Å². The van der Waals surface area contributed by atoms with Crippen molar-refractivity contribution in [3.63, 3.8) is 0 Å². The first-order valence-corrected chi connectivity index (χ1v) is 10.1. The number of halogens is 2. The summed E-state index contributed by atoms with van der Waals surface area (Å²) in [6, 6.07) is 13.0. The lowest BCUT2D eigenvalue weighted by molar-refractivity contribution is -0.112. The number of fused-ring (bicyclic) bond motifs is 1. The number of para-hydroxylation sites is 1. The maximum absolute atomic E-state index is 13.2. The van der Waals surface area contributed by atoms with E-state index in [1.807, 2.05) is 29.2 Å². The van der Waals surface area contributed by atoms with E-state index in [2.05, 4.69) is 9.89 Å². The number of likely N-dealkylation sites (tertiary alicyclic amines) is 1. The van der Waals surface area contributed by atoms with Crippen LogP contribution in [0.1, 0.15) is 31.2 Å². The molecule has 0 radical (unpaired) electrons. The standard InChI is InChI=1S/C21H21Cl2N3O/c22-17-10-9-15(13-18(17)23)24-20-16-7-3-4-8-19(16)26(21(20)27)14-25-11-5-1-2-6-12-25/h3-4,7-10,13H,1-2,5-6,11-12,14H2. The molecule has 4 nitrogen and oxygen atoms in total. The Balaban J connectivity index is 1.66. The van der Waals surface area contributed by atoms with Crippen molar-refractivity contribution >= 4 is 46.2 Å². The van der Waals surface area contributed by atoms with Gasteiger partial charge in [-0.05, 0) is 50.2 Å². The number of hydrogen-bond donors (Lipinski definition) is 0. The molecule has 4 rings (SSSR count). The Hall–Kier alpha value is -1.88. The molecule has 0 N–H and O–H groups in total. The molecular weight excluding hydrogens is 381 g/mol. The number of carbonyl (C=O) groups is 1. The Morgan fingerprint density at radius 3 is 2.41 bits per heavy atom. The molecule has 6 heteroatoms. The number of anilines is 1. The Bertz CT molecular complexity index is 889. The molecule has 0 unspecified atom stereocenters. The Labute approximate surface area is 169 Å². The smallest absolute Gasteiger partial charge is 0.278 e.